The van der Waals surface area contributed by atoms with E-state index in [1.807, 2.05) is 6.92 Å². The van der Waals surface area contributed by atoms with Crippen molar-refractivity contribution in [1.82, 2.24) is 15.2 Å². The SMILES string of the molecule is CCCOc1c(OCC)cc(/C=N/Nc2nncc(=O)[nH]2)cc1[N+](=O)[O-]. The summed E-state index contributed by atoms with van der Waals surface area (Å²) < 4.78 is 11.0. The number of nitro groups is 1. The topological polar surface area (TPSA) is 145 Å². The summed E-state index contributed by atoms with van der Waals surface area (Å²) in [4.78, 5) is 24.3. The third-order valence-electron chi connectivity index (χ3n) is 2.96. The summed E-state index contributed by atoms with van der Waals surface area (Å²) in [7, 11) is 0. The molecule has 11 nitrogen and oxygen atoms in total. The molecule has 2 rings (SSSR count). The number of rotatable bonds is 9. The third-order valence-corrected chi connectivity index (χ3v) is 2.96. The van der Waals surface area contributed by atoms with Gasteiger partial charge in [-0.05, 0) is 19.4 Å². The zero-order valence-electron chi connectivity index (χ0n) is 14.3. The smallest absolute Gasteiger partial charge is 0.315 e. The first kappa shape index (κ1) is 18.8. The first-order chi connectivity index (χ1) is 12.5. The monoisotopic (exact) mass is 362 g/mol. The molecule has 0 spiro atoms. The lowest BCUT2D eigenvalue weighted by molar-refractivity contribution is -0.386. The van der Waals surface area contributed by atoms with E-state index in [0.717, 1.165) is 6.20 Å². The van der Waals surface area contributed by atoms with Gasteiger partial charge >= 0.3 is 5.69 Å². The Bertz CT molecular complexity index is 851. The highest BCUT2D eigenvalue weighted by atomic mass is 16.6. The van der Waals surface area contributed by atoms with Crippen LogP contribution in [0.5, 0.6) is 11.5 Å². The van der Waals surface area contributed by atoms with Gasteiger partial charge in [-0.15, -0.1) is 10.2 Å². The van der Waals surface area contributed by atoms with Crippen molar-refractivity contribution in [2.24, 2.45) is 5.10 Å². The van der Waals surface area contributed by atoms with Crippen molar-refractivity contribution >= 4 is 17.9 Å². The van der Waals surface area contributed by atoms with Gasteiger partial charge in [-0.3, -0.25) is 19.9 Å². The predicted molar refractivity (Wildman–Crippen MR) is 93.9 cm³/mol. The molecule has 0 aliphatic rings. The van der Waals surface area contributed by atoms with Crippen molar-refractivity contribution in [2.45, 2.75) is 20.3 Å². The summed E-state index contributed by atoms with van der Waals surface area (Å²) in [6.07, 6.45) is 3.04. The second-order valence-electron chi connectivity index (χ2n) is 4.96. The standard InChI is InChI=1S/C15H18N6O5/c1-3-5-26-14-11(21(23)24)6-10(7-12(14)25-4-2)8-16-19-15-18-13(22)9-17-20-15/h6-9H,3-5H2,1-2H3,(H2,18,19,20,22)/b16-8+. The number of nitro benzene ring substituents is 1. The average molecular weight is 362 g/mol. The average Bonchev–Trinajstić information content (AvgIpc) is 2.60. The van der Waals surface area contributed by atoms with Crippen molar-refractivity contribution in [3.63, 3.8) is 0 Å². The molecule has 0 radical (unpaired) electrons. The highest BCUT2D eigenvalue weighted by molar-refractivity contribution is 5.83. The Kier molecular flexibility index (Phi) is 6.60. The Hall–Kier alpha value is -3.50. The van der Waals surface area contributed by atoms with Crippen LogP contribution in [0.3, 0.4) is 0 Å². The molecule has 0 saturated carbocycles. The number of ether oxygens (including phenoxy) is 2. The van der Waals surface area contributed by atoms with E-state index >= 15 is 0 Å². The zero-order chi connectivity index (χ0) is 18.9. The summed E-state index contributed by atoms with van der Waals surface area (Å²) in [6, 6.07) is 2.89. The van der Waals surface area contributed by atoms with E-state index in [0.29, 0.717) is 25.2 Å². The normalized spacial score (nSPS) is 10.7. The van der Waals surface area contributed by atoms with E-state index in [9.17, 15) is 14.9 Å². The molecule has 26 heavy (non-hydrogen) atoms. The first-order valence-electron chi connectivity index (χ1n) is 7.84. The summed E-state index contributed by atoms with van der Waals surface area (Å²) in [5, 5.41) is 22.4. The van der Waals surface area contributed by atoms with E-state index in [2.05, 4.69) is 25.7 Å². The van der Waals surface area contributed by atoms with Gasteiger partial charge in [-0.2, -0.15) is 5.10 Å². The predicted octanol–water partition coefficient (Wildman–Crippen LogP) is 1.71. The van der Waals surface area contributed by atoms with Crippen LogP contribution in [-0.2, 0) is 0 Å². The fourth-order valence-electron chi connectivity index (χ4n) is 1.96. The minimum absolute atomic E-state index is 0.0381. The molecular formula is C15H18N6O5. The number of nitrogens with zero attached hydrogens (tertiary/aromatic N) is 4. The number of benzene rings is 1. The van der Waals surface area contributed by atoms with Crippen molar-refractivity contribution in [3.8, 4) is 11.5 Å². The lowest BCUT2D eigenvalue weighted by Gasteiger charge is -2.12. The van der Waals surface area contributed by atoms with Crippen LogP contribution in [0.2, 0.25) is 0 Å². The fourth-order valence-corrected chi connectivity index (χ4v) is 1.96. The Balaban J connectivity index is 2.31. The lowest BCUT2D eigenvalue weighted by atomic mass is 10.2. The van der Waals surface area contributed by atoms with Crippen LogP contribution in [0.15, 0.2) is 28.2 Å². The quantitative estimate of drug-likeness (QED) is 0.389. The molecule has 2 N–H and O–H groups in total. The molecule has 0 bridgehead atoms. The van der Waals surface area contributed by atoms with Crippen LogP contribution in [0, 0.1) is 10.1 Å². The number of anilines is 1. The minimum Gasteiger partial charge on any atom is -0.490 e. The molecule has 11 heteroatoms. The fraction of sp³-hybridized carbons (Fsp3) is 0.333. The summed E-state index contributed by atoms with van der Waals surface area (Å²) in [5.41, 5.74) is 2.22. The van der Waals surface area contributed by atoms with Gasteiger partial charge < -0.3 is 9.47 Å². The Morgan fingerprint density at radius 3 is 2.85 bits per heavy atom. The summed E-state index contributed by atoms with van der Waals surface area (Å²) in [5.74, 6) is 0.378. The Morgan fingerprint density at radius 2 is 2.19 bits per heavy atom. The molecule has 0 aliphatic heterocycles. The number of hydrogen-bond acceptors (Lipinski definition) is 9. The molecule has 0 fully saturated rings. The van der Waals surface area contributed by atoms with Gasteiger partial charge in [0, 0.05) is 11.6 Å². The Morgan fingerprint density at radius 1 is 1.38 bits per heavy atom. The van der Waals surface area contributed by atoms with Gasteiger partial charge in [0.2, 0.25) is 11.7 Å². The molecule has 0 saturated heterocycles. The number of H-pyrrole nitrogens is 1. The van der Waals surface area contributed by atoms with E-state index in [1.54, 1.807) is 13.0 Å². The second-order valence-corrected chi connectivity index (χ2v) is 4.96. The number of aromatic nitrogens is 3. The van der Waals surface area contributed by atoms with Crippen LogP contribution in [0.1, 0.15) is 25.8 Å². The van der Waals surface area contributed by atoms with Gasteiger partial charge in [-0.25, -0.2) is 5.43 Å². The van der Waals surface area contributed by atoms with Crippen LogP contribution in [-0.4, -0.2) is 39.5 Å². The van der Waals surface area contributed by atoms with Crippen molar-refractivity contribution in [3.05, 3.63) is 44.4 Å². The molecule has 0 unspecified atom stereocenters. The molecule has 138 valence electrons. The number of hydrogen-bond donors (Lipinski definition) is 2. The molecule has 0 amide bonds. The van der Waals surface area contributed by atoms with Gasteiger partial charge in [0.05, 0.1) is 24.4 Å². The maximum absolute atomic E-state index is 11.4. The largest absolute Gasteiger partial charge is 0.490 e. The van der Waals surface area contributed by atoms with E-state index in [4.69, 9.17) is 9.47 Å². The molecule has 1 aromatic carbocycles. The van der Waals surface area contributed by atoms with E-state index < -0.39 is 10.5 Å². The van der Waals surface area contributed by atoms with Gasteiger partial charge in [0.25, 0.3) is 5.56 Å². The van der Waals surface area contributed by atoms with Crippen molar-refractivity contribution in [2.75, 3.05) is 18.6 Å². The second kappa shape index (κ2) is 9.11. The van der Waals surface area contributed by atoms with Gasteiger partial charge in [0.1, 0.15) is 6.20 Å². The van der Waals surface area contributed by atoms with Crippen molar-refractivity contribution in [1.29, 1.82) is 0 Å². The molecule has 0 aliphatic carbocycles. The van der Waals surface area contributed by atoms with E-state index in [-0.39, 0.29) is 23.1 Å². The zero-order valence-corrected chi connectivity index (χ0v) is 14.3. The van der Waals surface area contributed by atoms with Gasteiger partial charge in [0.15, 0.2) is 5.75 Å². The van der Waals surface area contributed by atoms with Crippen molar-refractivity contribution < 1.29 is 14.4 Å². The first-order valence-corrected chi connectivity index (χ1v) is 7.84. The minimum atomic E-state index is -0.543. The highest BCUT2D eigenvalue weighted by Crippen LogP contribution is 2.38. The molecule has 1 aromatic heterocycles. The molecule has 1 heterocycles. The number of hydrazone groups is 1. The molecular weight excluding hydrogens is 344 g/mol. The third kappa shape index (κ3) is 5.00. The van der Waals surface area contributed by atoms with Crippen LogP contribution in [0.4, 0.5) is 11.6 Å². The maximum Gasteiger partial charge on any atom is 0.315 e. The summed E-state index contributed by atoms with van der Waals surface area (Å²) >= 11 is 0. The number of aromatic amines is 1. The molecule has 0 atom stereocenters. The highest BCUT2D eigenvalue weighted by Gasteiger charge is 2.22. The summed E-state index contributed by atoms with van der Waals surface area (Å²) in [6.45, 7) is 4.31. The number of nitrogens with one attached hydrogen (secondary N) is 2. The Labute approximate surface area is 148 Å². The molecule has 2 aromatic rings. The lowest BCUT2D eigenvalue weighted by Crippen LogP contribution is -2.10. The van der Waals surface area contributed by atoms with E-state index in [1.165, 1.54) is 12.3 Å². The van der Waals surface area contributed by atoms with Crippen LogP contribution < -0.4 is 20.5 Å². The maximum atomic E-state index is 11.4. The van der Waals surface area contributed by atoms with Crippen LogP contribution >= 0.6 is 0 Å². The van der Waals surface area contributed by atoms with Gasteiger partial charge in [-0.1, -0.05) is 6.92 Å². The van der Waals surface area contributed by atoms with Crippen LogP contribution in [0.25, 0.3) is 0 Å².